The molecular formula is C8H13N2O3. The summed E-state index contributed by atoms with van der Waals surface area (Å²) in [6, 6.07) is 0. The maximum atomic E-state index is 11.3. The quantitative estimate of drug-likeness (QED) is 0.518. The fraction of sp³-hybridized carbons (Fsp3) is 0.750. The third-order valence-electron chi connectivity index (χ3n) is 1.81. The molecule has 0 unspecified atom stereocenters. The van der Waals surface area contributed by atoms with Crippen LogP contribution in [0.5, 0.6) is 0 Å². The minimum Gasteiger partial charge on any atom is -0.456 e. The van der Waals surface area contributed by atoms with E-state index in [2.05, 4.69) is 10.1 Å². The molecule has 1 amide bonds. The van der Waals surface area contributed by atoms with Crippen molar-refractivity contribution < 1.29 is 14.3 Å². The number of amides is 1. The highest BCUT2D eigenvalue weighted by molar-refractivity contribution is 5.80. The summed E-state index contributed by atoms with van der Waals surface area (Å²) in [5.74, 6) is -0.555. The van der Waals surface area contributed by atoms with Crippen LogP contribution in [0.4, 0.5) is 0 Å². The molecule has 1 heterocycles. The molecule has 1 aliphatic rings. The highest BCUT2D eigenvalue weighted by Gasteiger charge is 2.16. The fourth-order valence-electron chi connectivity index (χ4n) is 1.11. The molecule has 0 aromatic heterocycles. The molecule has 0 atom stereocenters. The van der Waals surface area contributed by atoms with E-state index in [1.165, 1.54) is 6.92 Å². The molecule has 5 heteroatoms. The van der Waals surface area contributed by atoms with Gasteiger partial charge < -0.3 is 9.64 Å². The Kier molecular flexibility index (Phi) is 3.70. The lowest BCUT2D eigenvalue weighted by molar-refractivity contribution is -0.150. The summed E-state index contributed by atoms with van der Waals surface area (Å²) < 4.78 is 4.60. The second kappa shape index (κ2) is 4.81. The molecular weight excluding hydrogens is 172 g/mol. The van der Waals surface area contributed by atoms with E-state index in [1.807, 2.05) is 0 Å². The van der Waals surface area contributed by atoms with Gasteiger partial charge in [-0.3, -0.25) is 9.59 Å². The monoisotopic (exact) mass is 185 g/mol. The largest absolute Gasteiger partial charge is 0.456 e. The van der Waals surface area contributed by atoms with Crippen molar-refractivity contribution in [2.24, 2.45) is 0 Å². The molecule has 0 aromatic rings. The van der Waals surface area contributed by atoms with Crippen LogP contribution in [-0.2, 0) is 14.3 Å². The van der Waals surface area contributed by atoms with Crippen LogP contribution in [0.15, 0.2) is 0 Å². The Hall–Kier alpha value is -1.10. The van der Waals surface area contributed by atoms with Gasteiger partial charge in [-0.25, -0.2) is 5.32 Å². The number of ether oxygens (including phenoxy) is 1. The average Bonchev–Trinajstić information content (AvgIpc) is 2.15. The smallest absolute Gasteiger partial charge is 0.303 e. The fourth-order valence-corrected chi connectivity index (χ4v) is 1.11. The van der Waals surface area contributed by atoms with Gasteiger partial charge in [0.25, 0.3) is 5.91 Å². The zero-order valence-corrected chi connectivity index (χ0v) is 7.65. The van der Waals surface area contributed by atoms with E-state index in [-0.39, 0.29) is 12.5 Å². The van der Waals surface area contributed by atoms with E-state index < -0.39 is 5.97 Å². The molecule has 5 nitrogen and oxygen atoms in total. The van der Waals surface area contributed by atoms with Crippen LogP contribution in [0, 0.1) is 0 Å². The highest BCUT2D eigenvalue weighted by Crippen LogP contribution is 1.94. The van der Waals surface area contributed by atoms with Crippen molar-refractivity contribution >= 4 is 11.9 Å². The van der Waals surface area contributed by atoms with Crippen LogP contribution in [0.1, 0.15) is 6.92 Å². The summed E-state index contributed by atoms with van der Waals surface area (Å²) in [5.41, 5.74) is 0. The van der Waals surface area contributed by atoms with E-state index in [4.69, 9.17) is 0 Å². The second-order valence-corrected chi connectivity index (χ2v) is 2.83. The van der Waals surface area contributed by atoms with Gasteiger partial charge in [0.2, 0.25) is 0 Å². The Balaban J connectivity index is 2.25. The summed E-state index contributed by atoms with van der Waals surface area (Å²) in [7, 11) is 0. The molecule has 73 valence electrons. The third kappa shape index (κ3) is 3.42. The zero-order valence-electron chi connectivity index (χ0n) is 7.65. The van der Waals surface area contributed by atoms with Gasteiger partial charge in [0.05, 0.1) is 0 Å². The van der Waals surface area contributed by atoms with Crippen molar-refractivity contribution in [1.82, 2.24) is 10.2 Å². The summed E-state index contributed by atoms with van der Waals surface area (Å²) in [6.07, 6.45) is 0. The van der Waals surface area contributed by atoms with E-state index >= 15 is 0 Å². The Morgan fingerprint density at radius 3 is 2.54 bits per heavy atom. The van der Waals surface area contributed by atoms with Crippen LogP contribution in [-0.4, -0.2) is 49.6 Å². The van der Waals surface area contributed by atoms with Crippen LogP contribution >= 0.6 is 0 Å². The molecule has 1 radical (unpaired) electrons. The van der Waals surface area contributed by atoms with Gasteiger partial charge >= 0.3 is 5.97 Å². The maximum absolute atomic E-state index is 11.3. The van der Waals surface area contributed by atoms with Gasteiger partial charge in [0.15, 0.2) is 6.61 Å². The van der Waals surface area contributed by atoms with Gasteiger partial charge in [0.1, 0.15) is 0 Å². The van der Waals surface area contributed by atoms with Gasteiger partial charge in [0, 0.05) is 33.1 Å². The Bertz CT molecular complexity index is 200. The molecule has 0 N–H and O–H groups in total. The number of hydrogen-bond donors (Lipinski definition) is 0. The second-order valence-electron chi connectivity index (χ2n) is 2.83. The molecule has 0 spiro atoms. The van der Waals surface area contributed by atoms with Crippen molar-refractivity contribution in [3.63, 3.8) is 0 Å². The average molecular weight is 185 g/mol. The number of piperazine rings is 1. The number of nitrogens with zero attached hydrogens (tertiary/aromatic N) is 2. The van der Waals surface area contributed by atoms with E-state index in [0.29, 0.717) is 26.2 Å². The molecule has 1 fully saturated rings. The standard InChI is InChI=1S/C8H13N2O3/c1-7(11)13-6-8(12)10-4-2-9-3-5-10/h2-6H2,1H3. The maximum Gasteiger partial charge on any atom is 0.303 e. The van der Waals surface area contributed by atoms with Gasteiger partial charge in [-0.15, -0.1) is 0 Å². The molecule has 1 saturated heterocycles. The van der Waals surface area contributed by atoms with E-state index in [1.54, 1.807) is 4.90 Å². The minimum absolute atomic E-state index is 0.134. The van der Waals surface area contributed by atoms with Crippen molar-refractivity contribution in [2.75, 3.05) is 32.8 Å². The molecule has 0 bridgehead atoms. The number of rotatable bonds is 2. The summed E-state index contributed by atoms with van der Waals surface area (Å²) in [6.45, 7) is 3.80. The van der Waals surface area contributed by atoms with Crippen molar-refractivity contribution in [2.45, 2.75) is 6.92 Å². The number of hydrogen-bond acceptors (Lipinski definition) is 3. The lowest BCUT2D eigenvalue weighted by Gasteiger charge is -2.26. The van der Waals surface area contributed by atoms with Crippen LogP contribution in [0.2, 0.25) is 0 Å². The van der Waals surface area contributed by atoms with Crippen molar-refractivity contribution in [1.29, 1.82) is 0 Å². The first-order chi connectivity index (χ1) is 6.20. The summed E-state index contributed by atoms with van der Waals surface area (Å²) >= 11 is 0. The molecule has 13 heavy (non-hydrogen) atoms. The van der Waals surface area contributed by atoms with Crippen LogP contribution in [0.3, 0.4) is 0 Å². The Labute approximate surface area is 77.0 Å². The molecule has 0 aliphatic carbocycles. The van der Waals surface area contributed by atoms with Gasteiger partial charge in [-0.2, -0.15) is 0 Å². The van der Waals surface area contributed by atoms with Crippen LogP contribution < -0.4 is 5.32 Å². The van der Waals surface area contributed by atoms with Gasteiger partial charge in [-0.05, 0) is 0 Å². The molecule has 0 aromatic carbocycles. The Morgan fingerprint density at radius 2 is 2.00 bits per heavy atom. The topological polar surface area (TPSA) is 60.7 Å². The van der Waals surface area contributed by atoms with Crippen LogP contribution in [0.25, 0.3) is 0 Å². The number of carbonyl (C=O) groups excluding carboxylic acids is 2. The minimum atomic E-state index is -0.421. The molecule has 0 saturated carbocycles. The van der Waals surface area contributed by atoms with Gasteiger partial charge in [-0.1, -0.05) is 0 Å². The highest BCUT2D eigenvalue weighted by atomic mass is 16.5. The predicted octanol–water partition coefficient (Wildman–Crippen LogP) is -1.00. The zero-order chi connectivity index (χ0) is 9.68. The summed E-state index contributed by atoms with van der Waals surface area (Å²) in [4.78, 5) is 23.4. The first-order valence-corrected chi connectivity index (χ1v) is 4.24. The third-order valence-corrected chi connectivity index (χ3v) is 1.81. The first-order valence-electron chi connectivity index (χ1n) is 4.24. The lowest BCUT2D eigenvalue weighted by atomic mass is 10.3. The predicted molar refractivity (Wildman–Crippen MR) is 45.1 cm³/mol. The van der Waals surface area contributed by atoms with E-state index in [0.717, 1.165) is 0 Å². The Morgan fingerprint density at radius 1 is 1.38 bits per heavy atom. The molecule has 1 aliphatic heterocycles. The summed E-state index contributed by atoms with van der Waals surface area (Å²) in [5, 5.41) is 4.10. The number of carbonyl (C=O) groups is 2. The van der Waals surface area contributed by atoms with Crippen molar-refractivity contribution in [3.8, 4) is 0 Å². The van der Waals surface area contributed by atoms with Crippen molar-refractivity contribution in [3.05, 3.63) is 0 Å². The van der Waals surface area contributed by atoms with E-state index in [9.17, 15) is 9.59 Å². The number of esters is 1. The lowest BCUT2D eigenvalue weighted by Crippen LogP contribution is -2.45. The first kappa shape index (κ1) is 9.98. The molecule has 1 rings (SSSR count). The SMILES string of the molecule is CC(=O)OCC(=O)N1CC[N]CC1. The normalized spacial score (nSPS) is 16.8.